The van der Waals surface area contributed by atoms with Crippen LogP contribution in [0.4, 0.5) is 17.1 Å². The van der Waals surface area contributed by atoms with E-state index in [1.165, 1.54) is 57.5 Å². The Morgan fingerprint density at radius 3 is 1.94 bits per heavy atom. The molecule has 9 nitrogen and oxygen atoms in total. The Morgan fingerprint density at radius 2 is 1.36 bits per heavy atom. The van der Waals surface area contributed by atoms with Crippen molar-refractivity contribution in [3.05, 3.63) is 72.3 Å². The van der Waals surface area contributed by atoms with Crippen molar-refractivity contribution in [2.75, 3.05) is 29.6 Å². The van der Waals surface area contributed by atoms with Crippen LogP contribution < -0.4 is 24.8 Å². The van der Waals surface area contributed by atoms with Gasteiger partial charge in [0.05, 0.1) is 30.5 Å². The molecule has 0 bridgehead atoms. The van der Waals surface area contributed by atoms with Gasteiger partial charge in [-0.2, -0.15) is 0 Å². The van der Waals surface area contributed by atoms with E-state index in [0.717, 1.165) is 0 Å². The van der Waals surface area contributed by atoms with E-state index in [9.17, 15) is 18.0 Å². The Bertz CT molecular complexity index is 1260. The first-order valence-corrected chi connectivity index (χ1v) is 11.2. The minimum absolute atomic E-state index is 0.0147. The Kier molecular flexibility index (Phi) is 7.19. The fourth-order valence-corrected chi connectivity index (χ4v) is 4.04. The molecule has 0 saturated carbocycles. The first-order valence-electron chi connectivity index (χ1n) is 9.76. The van der Waals surface area contributed by atoms with Gasteiger partial charge in [-0.05, 0) is 36.4 Å². The molecule has 0 fully saturated rings. The Balaban J connectivity index is 1.88. The number of carbonyl (C=O) groups is 2. The molecule has 0 heterocycles. The molecule has 0 aliphatic rings. The van der Waals surface area contributed by atoms with E-state index in [1.807, 2.05) is 0 Å². The van der Waals surface area contributed by atoms with Crippen LogP contribution in [0.25, 0.3) is 0 Å². The lowest BCUT2D eigenvalue weighted by molar-refractivity contribution is -0.114. The van der Waals surface area contributed by atoms with Crippen LogP contribution in [0.3, 0.4) is 0 Å². The molecule has 0 unspecified atom stereocenters. The van der Waals surface area contributed by atoms with Gasteiger partial charge in [-0.15, -0.1) is 0 Å². The molecule has 33 heavy (non-hydrogen) atoms. The zero-order chi connectivity index (χ0) is 24.0. The van der Waals surface area contributed by atoms with Gasteiger partial charge in [0.1, 0.15) is 11.5 Å². The van der Waals surface area contributed by atoms with Gasteiger partial charge >= 0.3 is 0 Å². The highest BCUT2D eigenvalue weighted by Crippen LogP contribution is 2.37. The molecule has 3 N–H and O–H groups in total. The number of ether oxygens (including phenoxy) is 2. The predicted molar refractivity (Wildman–Crippen MR) is 125 cm³/mol. The Morgan fingerprint density at radius 1 is 0.788 bits per heavy atom. The highest BCUT2D eigenvalue weighted by molar-refractivity contribution is 7.92. The van der Waals surface area contributed by atoms with Gasteiger partial charge in [-0.1, -0.05) is 18.2 Å². The van der Waals surface area contributed by atoms with E-state index < -0.39 is 10.0 Å². The summed E-state index contributed by atoms with van der Waals surface area (Å²) in [5.41, 5.74) is 1.36. The number of methoxy groups -OCH3 is 2. The summed E-state index contributed by atoms with van der Waals surface area (Å²) in [6.07, 6.45) is 0. The van der Waals surface area contributed by atoms with Gasteiger partial charge in [0.15, 0.2) is 0 Å². The van der Waals surface area contributed by atoms with Crippen LogP contribution in [0, 0.1) is 0 Å². The molecule has 0 saturated heterocycles. The van der Waals surface area contributed by atoms with E-state index in [2.05, 4.69) is 15.4 Å². The van der Waals surface area contributed by atoms with Crippen LogP contribution >= 0.6 is 0 Å². The SMILES string of the molecule is COc1cc(NS(=O)(=O)c2ccc(NC(C)=O)cc2)c(OC)cc1NC(=O)c1ccccc1. The molecule has 3 aromatic rings. The molecule has 172 valence electrons. The first kappa shape index (κ1) is 23.6. The normalized spacial score (nSPS) is 10.8. The van der Waals surface area contributed by atoms with Crippen molar-refractivity contribution in [1.29, 1.82) is 0 Å². The number of anilines is 3. The number of sulfonamides is 1. The third-order valence-corrected chi connectivity index (χ3v) is 5.92. The lowest BCUT2D eigenvalue weighted by Gasteiger charge is -2.17. The molecule has 10 heteroatoms. The number of benzene rings is 3. The van der Waals surface area contributed by atoms with Crippen molar-refractivity contribution >= 4 is 38.9 Å². The van der Waals surface area contributed by atoms with Crippen molar-refractivity contribution < 1.29 is 27.5 Å². The summed E-state index contributed by atoms with van der Waals surface area (Å²) < 4.78 is 38.9. The second-order valence-corrected chi connectivity index (χ2v) is 8.57. The smallest absolute Gasteiger partial charge is 0.262 e. The molecular weight excluding hydrogens is 446 g/mol. The summed E-state index contributed by atoms with van der Waals surface area (Å²) in [6.45, 7) is 1.36. The van der Waals surface area contributed by atoms with Gasteiger partial charge < -0.3 is 20.1 Å². The summed E-state index contributed by atoms with van der Waals surface area (Å²) in [7, 11) is -1.20. The molecular formula is C23H23N3O6S. The summed E-state index contributed by atoms with van der Waals surface area (Å²) in [6, 6.07) is 17.2. The molecule has 3 rings (SSSR count). The summed E-state index contributed by atoms with van der Waals surface area (Å²) in [5, 5.41) is 5.32. The average molecular weight is 470 g/mol. The highest BCUT2D eigenvalue weighted by Gasteiger charge is 2.20. The number of carbonyl (C=O) groups excluding carboxylic acids is 2. The second kappa shape index (κ2) is 10.0. The summed E-state index contributed by atoms with van der Waals surface area (Å²) in [4.78, 5) is 23.7. The molecule has 0 aromatic heterocycles. The van der Waals surface area contributed by atoms with E-state index in [-0.39, 0.29) is 33.9 Å². The molecule has 3 aromatic carbocycles. The third-order valence-electron chi connectivity index (χ3n) is 4.54. The zero-order valence-corrected chi connectivity index (χ0v) is 19.0. The highest BCUT2D eigenvalue weighted by atomic mass is 32.2. The zero-order valence-electron chi connectivity index (χ0n) is 18.2. The van der Waals surface area contributed by atoms with Gasteiger partial charge in [0.25, 0.3) is 15.9 Å². The lowest BCUT2D eigenvalue weighted by Crippen LogP contribution is -2.15. The Hall–Kier alpha value is -4.05. The maximum absolute atomic E-state index is 12.9. The van der Waals surface area contributed by atoms with Gasteiger partial charge in [0, 0.05) is 30.3 Å². The first-order chi connectivity index (χ1) is 15.7. The lowest BCUT2D eigenvalue weighted by atomic mass is 10.2. The van der Waals surface area contributed by atoms with E-state index in [1.54, 1.807) is 30.3 Å². The quantitative estimate of drug-likeness (QED) is 0.462. The number of nitrogens with one attached hydrogen (secondary N) is 3. The molecule has 2 amide bonds. The fraction of sp³-hybridized carbons (Fsp3) is 0.130. The van der Waals surface area contributed by atoms with E-state index >= 15 is 0 Å². The van der Waals surface area contributed by atoms with Crippen molar-refractivity contribution in [2.24, 2.45) is 0 Å². The number of hydrogen-bond acceptors (Lipinski definition) is 6. The topological polar surface area (TPSA) is 123 Å². The van der Waals surface area contributed by atoms with Crippen molar-refractivity contribution in [1.82, 2.24) is 0 Å². The second-order valence-electron chi connectivity index (χ2n) is 6.88. The van der Waals surface area contributed by atoms with Crippen LogP contribution in [-0.2, 0) is 14.8 Å². The van der Waals surface area contributed by atoms with Crippen molar-refractivity contribution in [3.63, 3.8) is 0 Å². The molecule has 0 aliphatic carbocycles. The largest absolute Gasteiger partial charge is 0.494 e. The van der Waals surface area contributed by atoms with Crippen molar-refractivity contribution in [3.8, 4) is 11.5 Å². The number of amides is 2. The Labute approximate surface area is 191 Å². The fourth-order valence-electron chi connectivity index (χ4n) is 2.98. The molecule has 0 spiro atoms. The number of rotatable bonds is 8. The maximum Gasteiger partial charge on any atom is 0.262 e. The minimum atomic E-state index is -3.98. The van der Waals surface area contributed by atoms with Gasteiger partial charge in [-0.3, -0.25) is 14.3 Å². The minimum Gasteiger partial charge on any atom is -0.494 e. The standard InChI is InChI=1S/C23H23N3O6S/c1-15(27)24-17-9-11-18(12-10-17)33(29,30)26-20-14-21(31-2)19(13-22(20)32-3)25-23(28)16-7-5-4-6-8-16/h4-14,26H,1-3H3,(H,24,27)(H,25,28). The third kappa shape index (κ3) is 5.80. The molecule has 0 atom stereocenters. The van der Waals surface area contributed by atoms with Crippen LogP contribution in [0.5, 0.6) is 11.5 Å². The summed E-state index contributed by atoms with van der Waals surface area (Å²) in [5.74, 6) is -0.208. The van der Waals surface area contributed by atoms with Crippen LogP contribution in [0.1, 0.15) is 17.3 Å². The number of hydrogen-bond donors (Lipinski definition) is 3. The van der Waals surface area contributed by atoms with Crippen molar-refractivity contribution in [2.45, 2.75) is 11.8 Å². The predicted octanol–water partition coefficient (Wildman–Crippen LogP) is 3.72. The monoisotopic (exact) mass is 469 g/mol. The van der Waals surface area contributed by atoms with Crippen LogP contribution in [0.2, 0.25) is 0 Å². The van der Waals surface area contributed by atoms with E-state index in [0.29, 0.717) is 16.9 Å². The van der Waals surface area contributed by atoms with Gasteiger partial charge in [0.2, 0.25) is 5.91 Å². The van der Waals surface area contributed by atoms with Crippen LogP contribution in [0.15, 0.2) is 71.6 Å². The maximum atomic E-state index is 12.9. The molecule has 0 radical (unpaired) electrons. The average Bonchev–Trinajstić information content (AvgIpc) is 2.80. The van der Waals surface area contributed by atoms with Gasteiger partial charge in [-0.25, -0.2) is 8.42 Å². The molecule has 0 aliphatic heterocycles. The van der Waals surface area contributed by atoms with E-state index in [4.69, 9.17) is 9.47 Å². The summed E-state index contributed by atoms with van der Waals surface area (Å²) >= 11 is 0. The van der Waals surface area contributed by atoms with Crippen LogP contribution in [-0.4, -0.2) is 34.5 Å².